The molecule has 0 spiro atoms. The molecule has 0 saturated carbocycles. The lowest BCUT2D eigenvalue weighted by Crippen LogP contribution is -2.10. The lowest BCUT2D eigenvalue weighted by Gasteiger charge is -2.11. The summed E-state index contributed by atoms with van der Waals surface area (Å²) in [5, 5.41) is 20.4. The van der Waals surface area contributed by atoms with Crippen molar-refractivity contribution in [3.8, 4) is 0 Å². The first-order valence-corrected chi connectivity index (χ1v) is 6.66. The molecule has 6 nitrogen and oxygen atoms in total. The van der Waals surface area contributed by atoms with Gasteiger partial charge in [0.05, 0.1) is 0 Å². The Morgan fingerprint density at radius 3 is 2.61 bits per heavy atom. The zero-order chi connectivity index (χ0) is 13.4. The summed E-state index contributed by atoms with van der Waals surface area (Å²) in [6.07, 6.45) is 4.86. The van der Waals surface area contributed by atoms with Crippen LogP contribution in [0.25, 0.3) is 0 Å². The van der Waals surface area contributed by atoms with Crippen LogP contribution in [0.5, 0.6) is 0 Å². The zero-order valence-corrected chi connectivity index (χ0v) is 11.2. The fourth-order valence-corrected chi connectivity index (χ4v) is 2.03. The number of aliphatic carboxylic acids is 1. The van der Waals surface area contributed by atoms with Gasteiger partial charge in [-0.3, -0.25) is 4.79 Å². The van der Waals surface area contributed by atoms with Crippen LogP contribution >= 0.6 is 0 Å². The van der Waals surface area contributed by atoms with Crippen molar-refractivity contribution >= 4 is 5.97 Å². The summed E-state index contributed by atoms with van der Waals surface area (Å²) in [5.41, 5.74) is 0. The molecule has 0 unspecified atom stereocenters. The molecule has 1 heterocycles. The maximum absolute atomic E-state index is 10.4. The van der Waals surface area contributed by atoms with E-state index in [1.807, 2.05) is 4.68 Å². The summed E-state index contributed by atoms with van der Waals surface area (Å²) in [6.45, 7) is 5.05. The van der Waals surface area contributed by atoms with E-state index in [9.17, 15) is 4.79 Å². The topological polar surface area (TPSA) is 80.9 Å². The fourth-order valence-electron chi connectivity index (χ4n) is 2.03. The van der Waals surface area contributed by atoms with Gasteiger partial charge in [0.2, 0.25) is 0 Å². The Bertz CT molecular complexity index is 361. The number of carbonyl (C=O) groups is 1. The fraction of sp³-hybridized carbons (Fsp3) is 0.833. The van der Waals surface area contributed by atoms with Gasteiger partial charge in [-0.15, -0.1) is 5.10 Å². The van der Waals surface area contributed by atoms with Crippen LogP contribution in [0, 0.1) is 0 Å². The van der Waals surface area contributed by atoms with E-state index in [2.05, 4.69) is 29.4 Å². The van der Waals surface area contributed by atoms with Gasteiger partial charge in [0.1, 0.15) is 0 Å². The Hall–Kier alpha value is -1.46. The van der Waals surface area contributed by atoms with Crippen molar-refractivity contribution in [1.29, 1.82) is 0 Å². The highest BCUT2D eigenvalue weighted by Crippen LogP contribution is 2.20. The van der Waals surface area contributed by atoms with Crippen LogP contribution in [0.15, 0.2) is 0 Å². The van der Waals surface area contributed by atoms with Gasteiger partial charge in [0.25, 0.3) is 0 Å². The Labute approximate surface area is 107 Å². The van der Waals surface area contributed by atoms with Crippen molar-refractivity contribution in [2.24, 2.45) is 0 Å². The first-order valence-electron chi connectivity index (χ1n) is 6.66. The van der Waals surface area contributed by atoms with Crippen molar-refractivity contribution in [2.75, 3.05) is 0 Å². The standard InChI is InChI=1S/C12H22N4O2/c1-3-10(4-2)12-13-14-15-16(12)9-7-5-6-8-11(17)18/h10H,3-9H2,1-2H3,(H,17,18). The molecule has 1 rings (SSSR count). The molecule has 0 amide bonds. The van der Waals surface area contributed by atoms with Crippen LogP contribution in [-0.4, -0.2) is 31.3 Å². The molecular formula is C12H22N4O2. The summed E-state index contributed by atoms with van der Waals surface area (Å²) in [4.78, 5) is 10.4. The molecule has 1 aromatic heterocycles. The van der Waals surface area contributed by atoms with Crippen LogP contribution in [0.2, 0.25) is 0 Å². The van der Waals surface area contributed by atoms with Crippen LogP contribution in [0.1, 0.15) is 64.1 Å². The van der Waals surface area contributed by atoms with Gasteiger partial charge >= 0.3 is 5.97 Å². The van der Waals surface area contributed by atoms with Gasteiger partial charge in [0, 0.05) is 18.9 Å². The van der Waals surface area contributed by atoms with E-state index < -0.39 is 5.97 Å². The van der Waals surface area contributed by atoms with Gasteiger partial charge < -0.3 is 5.11 Å². The third kappa shape index (κ3) is 4.43. The Morgan fingerprint density at radius 2 is 2.00 bits per heavy atom. The smallest absolute Gasteiger partial charge is 0.303 e. The molecule has 0 aliphatic heterocycles. The number of hydrogen-bond acceptors (Lipinski definition) is 4. The molecule has 0 fully saturated rings. The van der Waals surface area contributed by atoms with Crippen molar-refractivity contribution in [3.63, 3.8) is 0 Å². The number of rotatable bonds is 9. The van der Waals surface area contributed by atoms with E-state index in [1.165, 1.54) is 0 Å². The number of carboxylic acid groups (broad SMARTS) is 1. The molecule has 1 N–H and O–H groups in total. The lowest BCUT2D eigenvalue weighted by molar-refractivity contribution is -0.137. The molecule has 0 radical (unpaired) electrons. The van der Waals surface area contributed by atoms with Crippen molar-refractivity contribution in [1.82, 2.24) is 20.2 Å². The number of aromatic nitrogens is 4. The number of nitrogens with zero attached hydrogens (tertiary/aromatic N) is 4. The predicted molar refractivity (Wildman–Crippen MR) is 67.2 cm³/mol. The highest BCUT2D eigenvalue weighted by molar-refractivity contribution is 5.66. The minimum Gasteiger partial charge on any atom is -0.481 e. The summed E-state index contributed by atoms with van der Waals surface area (Å²) in [7, 11) is 0. The largest absolute Gasteiger partial charge is 0.481 e. The summed E-state index contributed by atoms with van der Waals surface area (Å²) in [5.74, 6) is 0.646. The van der Waals surface area contributed by atoms with Crippen LogP contribution < -0.4 is 0 Å². The first kappa shape index (κ1) is 14.6. The van der Waals surface area contributed by atoms with Crippen LogP contribution in [0.3, 0.4) is 0 Å². The molecule has 102 valence electrons. The van der Waals surface area contributed by atoms with E-state index in [4.69, 9.17) is 5.11 Å². The number of tetrazole rings is 1. The average molecular weight is 254 g/mol. The van der Waals surface area contributed by atoms with Crippen LogP contribution in [0.4, 0.5) is 0 Å². The number of hydrogen-bond donors (Lipinski definition) is 1. The van der Waals surface area contributed by atoms with E-state index in [1.54, 1.807) is 0 Å². The number of aryl methyl sites for hydroxylation is 1. The van der Waals surface area contributed by atoms with E-state index in [0.29, 0.717) is 5.92 Å². The molecule has 6 heteroatoms. The SMILES string of the molecule is CCC(CC)c1nnnn1CCCCCC(=O)O. The third-order valence-electron chi connectivity index (χ3n) is 3.17. The molecular weight excluding hydrogens is 232 g/mol. The molecule has 0 atom stereocenters. The summed E-state index contributed by atoms with van der Waals surface area (Å²) < 4.78 is 1.86. The lowest BCUT2D eigenvalue weighted by atomic mass is 10.0. The Morgan fingerprint density at radius 1 is 1.28 bits per heavy atom. The number of unbranched alkanes of at least 4 members (excludes halogenated alkanes) is 2. The molecule has 1 aromatic rings. The van der Waals surface area contributed by atoms with Crippen molar-refractivity contribution in [2.45, 2.75) is 64.8 Å². The molecule has 0 aromatic carbocycles. The molecule has 0 aliphatic rings. The minimum atomic E-state index is -0.727. The first-order chi connectivity index (χ1) is 8.69. The van der Waals surface area contributed by atoms with Crippen LogP contribution in [-0.2, 0) is 11.3 Å². The maximum atomic E-state index is 10.4. The van der Waals surface area contributed by atoms with Gasteiger partial charge in [-0.2, -0.15) is 0 Å². The molecule has 0 aliphatic carbocycles. The van der Waals surface area contributed by atoms with Crippen molar-refractivity contribution in [3.05, 3.63) is 5.82 Å². The second-order valence-electron chi connectivity index (χ2n) is 4.48. The second kappa shape index (κ2) is 7.79. The monoisotopic (exact) mass is 254 g/mol. The normalized spacial score (nSPS) is 11.1. The van der Waals surface area contributed by atoms with Gasteiger partial charge in [-0.05, 0) is 36.1 Å². The Balaban J connectivity index is 2.38. The third-order valence-corrected chi connectivity index (χ3v) is 3.17. The van der Waals surface area contributed by atoms with Gasteiger partial charge in [0.15, 0.2) is 5.82 Å². The quantitative estimate of drug-likeness (QED) is 0.683. The molecule has 0 saturated heterocycles. The summed E-state index contributed by atoms with van der Waals surface area (Å²) in [6, 6.07) is 0. The highest BCUT2D eigenvalue weighted by atomic mass is 16.4. The minimum absolute atomic E-state index is 0.245. The maximum Gasteiger partial charge on any atom is 0.303 e. The zero-order valence-electron chi connectivity index (χ0n) is 11.2. The average Bonchev–Trinajstić information content (AvgIpc) is 2.78. The van der Waals surface area contributed by atoms with E-state index in [-0.39, 0.29) is 6.42 Å². The van der Waals surface area contributed by atoms with Crippen molar-refractivity contribution < 1.29 is 9.90 Å². The van der Waals surface area contributed by atoms with E-state index in [0.717, 1.165) is 44.5 Å². The molecule has 18 heavy (non-hydrogen) atoms. The molecule has 0 bridgehead atoms. The second-order valence-corrected chi connectivity index (χ2v) is 4.48. The highest BCUT2D eigenvalue weighted by Gasteiger charge is 2.15. The van der Waals surface area contributed by atoms with Gasteiger partial charge in [-0.1, -0.05) is 20.3 Å². The number of carboxylic acids is 1. The van der Waals surface area contributed by atoms with E-state index >= 15 is 0 Å². The predicted octanol–water partition coefficient (Wildman–Crippen LogP) is 2.22. The van der Waals surface area contributed by atoms with Gasteiger partial charge in [-0.25, -0.2) is 4.68 Å². The Kier molecular flexibility index (Phi) is 6.32. The summed E-state index contributed by atoms with van der Waals surface area (Å²) >= 11 is 0.